The summed E-state index contributed by atoms with van der Waals surface area (Å²) in [7, 11) is 0. The van der Waals surface area contributed by atoms with Crippen LogP contribution in [0.15, 0.2) is 66.7 Å². The first kappa shape index (κ1) is 21.0. The molecule has 1 aliphatic carbocycles. The molecule has 166 valence electrons. The van der Waals surface area contributed by atoms with Gasteiger partial charge in [0, 0.05) is 11.5 Å². The van der Waals surface area contributed by atoms with Crippen molar-refractivity contribution in [2.45, 2.75) is 25.3 Å². The molecule has 1 heterocycles. The van der Waals surface area contributed by atoms with Gasteiger partial charge in [0.05, 0.1) is 23.7 Å². The molecule has 1 unspecified atom stereocenters. The molecule has 1 aliphatic rings. The second kappa shape index (κ2) is 8.58. The average Bonchev–Trinajstić information content (AvgIpc) is 3.14. The summed E-state index contributed by atoms with van der Waals surface area (Å²) in [6.45, 7) is 0. The average molecular weight is 447 g/mol. The summed E-state index contributed by atoms with van der Waals surface area (Å²) < 4.78 is 40.3. The fourth-order valence-corrected chi connectivity index (χ4v) is 4.35. The minimum atomic E-state index is -0.720. The zero-order valence-electron chi connectivity index (χ0n) is 17.5. The van der Waals surface area contributed by atoms with E-state index in [1.54, 1.807) is 18.2 Å². The van der Waals surface area contributed by atoms with E-state index in [-0.39, 0.29) is 29.8 Å². The third kappa shape index (κ3) is 4.53. The number of hydrogen-bond donors (Lipinski definition) is 2. The van der Waals surface area contributed by atoms with Gasteiger partial charge in [-0.3, -0.25) is 4.79 Å². The number of fused-ring (bicyclic) bond motifs is 2. The number of pyridine rings is 1. The molecule has 0 aliphatic heterocycles. The molecular weight excluding hydrogens is 427 g/mol. The first-order valence-corrected chi connectivity index (χ1v) is 10.6. The van der Waals surface area contributed by atoms with Crippen LogP contribution in [0.3, 0.4) is 0 Å². The molecular formula is C26H20F3N3O. The summed E-state index contributed by atoms with van der Waals surface area (Å²) in [5.41, 5.74) is 3.60. The normalized spacial score (nSPS) is 14.8. The quantitative estimate of drug-likeness (QED) is 0.399. The van der Waals surface area contributed by atoms with Gasteiger partial charge in [0.2, 0.25) is 5.91 Å². The van der Waals surface area contributed by atoms with Gasteiger partial charge in [0.25, 0.3) is 0 Å². The van der Waals surface area contributed by atoms with Crippen LogP contribution >= 0.6 is 0 Å². The smallest absolute Gasteiger partial charge is 0.228 e. The standard InChI is InChI=1S/C26H20F3N3O/c27-17-5-6-20-16(13-17)4-8-24(20)31-25-9-7-21-22(30-25)2-1-3-23(21)32-26(33)12-15-10-18(28)14-19(29)11-15/h1-3,5-7,9-11,13-14,24H,4,8,12H2,(H,30,31)(H,32,33). The second-order valence-electron chi connectivity index (χ2n) is 8.15. The molecule has 0 saturated heterocycles. The monoisotopic (exact) mass is 447 g/mol. The van der Waals surface area contributed by atoms with Gasteiger partial charge in [-0.1, -0.05) is 12.1 Å². The molecule has 4 aromatic rings. The fraction of sp³-hybridized carbons (Fsp3) is 0.154. The van der Waals surface area contributed by atoms with E-state index in [4.69, 9.17) is 0 Å². The second-order valence-corrected chi connectivity index (χ2v) is 8.15. The van der Waals surface area contributed by atoms with E-state index >= 15 is 0 Å². The van der Waals surface area contributed by atoms with Crippen molar-refractivity contribution in [2.24, 2.45) is 0 Å². The number of aromatic nitrogens is 1. The lowest BCUT2D eigenvalue weighted by Crippen LogP contribution is -2.15. The third-order valence-corrected chi connectivity index (χ3v) is 5.80. The summed E-state index contributed by atoms with van der Waals surface area (Å²) in [6.07, 6.45) is 1.51. The van der Waals surface area contributed by atoms with Crippen LogP contribution in [0.4, 0.5) is 24.7 Å². The highest BCUT2D eigenvalue weighted by atomic mass is 19.1. The minimum absolute atomic E-state index is 0.0556. The number of rotatable bonds is 5. The van der Waals surface area contributed by atoms with Gasteiger partial charge in [-0.2, -0.15) is 0 Å². The van der Waals surface area contributed by atoms with E-state index in [2.05, 4.69) is 15.6 Å². The van der Waals surface area contributed by atoms with Crippen LogP contribution in [-0.2, 0) is 17.6 Å². The van der Waals surface area contributed by atoms with Crippen molar-refractivity contribution >= 4 is 28.3 Å². The largest absolute Gasteiger partial charge is 0.363 e. The predicted molar refractivity (Wildman–Crippen MR) is 122 cm³/mol. The SMILES string of the molecule is O=C(Cc1cc(F)cc(F)c1)Nc1cccc2nc(NC3CCc4cc(F)ccc43)ccc12. The fourth-order valence-electron chi connectivity index (χ4n) is 4.35. The zero-order chi connectivity index (χ0) is 22.9. The molecule has 0 saturated carbocycles. The summed E-state index contributed by atoms with van der Waals surface area (Å²) in [4.78, 5) is 17.1. The number of carbonyl (C=O) groups is 1. The van der Waals surface area contributed by atoms with Gasteiger partial charge in [-0.15, -0.1) is 0 Å². The molecule has 2 N–H and O–H groups in total. The molecule has 0 bridgehead atoms. The van der Waals surface area contributed by atoms with E-state index in [9.17, 15) is 18.0 Å². The number of amides is 1. The maximum Gasteiger partial charge on any atom is 0.228 e. The number of benzene rings is 3. The molecule has 5 rings (SSSR count). The molecule has 1 amide bonds. The van der Waals surface area contributed by atoms with E-state index in [0.717, 1.165) is 47.6 Å². The van der Waals surface area contributed by atoms with Crippen molar-refractivity contribution in [3.63, 3.8) is 0 Å². The summed E-state index contributed by atoms with van der Waals surface area (Å²) >= 11 is 0. The Hall–Kier alpha value is -3.87. The third-order valence-electron chi connectivity index (χ3n) is 5.80. The maximum atomic E-state index is 13.5. The van der Waals surface area contributed by atoms with Crippen molar-refractivity contribution in [1.29, 1.82) is 0 Å². The van der Waals surface area contributed by atoms with Gasteiger partial charge >= 0.3 is 0 Å². The van der Waals surface area contributed by atoms with Crippen LogP contribution < -0.4 is 10.6 Å². The van der Waals surface area contributed by atoms with Crippen molar-refractivity contribution in [1.82, 2.24) is 4.98 Å². The van der Waals surface area contributed by atoms with Crippen molar-refractivity contribution in [2.75, 3.05) is 10.6 Å². The van der Waals surface area contributed by atoms with Gasteiger partial charge < -0.3 is 10.6 Å². The van der Waals surface area contributed by atoms with Gasteiger partial charge in [0.15, 0.2) is 0 Å². The van der Waals surface area contributed by atoms with Crippen LogP contribution in [0.5, 0.6) is 0 Å². The number of halogens is 3. The lowest BCUT2D eigenvalue weighted by molar-refractivity contribution is -0.115. The molecule has 33 heavy (non-hydrogen) atoms. The number of nitrogens with one attached hydrogen (secondary N) is 2. The first-order valence-electron chi connectivity index (χ1n) is 10.6. The lowest BCUT2D eigenvalue weighted by Gasteiger charge is -2.16. The van der Waals surface area contributed by atoms with Crippen molar-refractivity contribution < 1.29 is 18.0 Å². The Bertz CT molecular complexity index is 1350. The Kier molecular flexibility index (Phi) is 5.46. The van der Waals surface area contributed by atoms with E-state index in [1.165, 1.54) is 6.07 Å². The van der Waals surface area contributed by atoms with Crippen LogP contribution in [0.25, 0.3) is 10.9 Å². The number of aryl methyl sites for hydroxylation is 1. The van der Waals surface area contributed by atoms with Crippen molar-refractivity contribution in [3.05, 3.63) is 101 Å². The Morgan fingerprint density at radius 2 is 1.76 bits per heavy atom. The van der Waals surface area contributed by atoms with Crippen LogP contribution in [0.1, 0.15) is 29.2 Å². The first-order chi connectivity index (χ1) is 15.9. The highest BCUT2D eigenvalue weighted by molar-refractivity contribution is 6.01. The summed E-state index contributed by atoms with van der Waals surface area (Å²) in [5, 5.41) is 6.97. The maximum absolute atomic E-state index is 13.5. The molecule has 1 aromatic heterocycles. The minimum Gasteiger partial charge on any atom is -0.363 e. The van der Waals surface area contributed by atoms with Gasteiger partial charge in [-0.05, 0) is 78.1 Å². The van der Waals surface area contributed by atoms with Gasteiger partial charge in [-0.25, -0.2) is 18.2 Å². The Labute approximate surface area is 188 Å². The van der Waals surface area contributed by atoms with E-state index in [1.807, 2.05) is 24.3 Å². The highest BCUT2D eigenvalue weighted by Gasteiger charge is 2.23. The number of hydrogen-bond acceptors (Lipinski definition) is 3. The predicted octanol–water partition coefficient (Wildman–Crippen LogP) is 5.93. The Morgan fingerprint density at radius 1 is 0.939 bits per heavy atom. The van der Waals surface area contributed by atoms with Gasteiger partial charge in [0.1, 0.15) is 23.3 Å². The van der Waals surface area contributed by atoms with E-state index < -0.39 is 11.6 Å². The molecule has 0 fully saturated rings. The molecule has 1 atom stereocenters. The number of carbonyl (C=O) groups excluding carboxylic acids is 1. The summed E-state index contributed by atoms with van der Waals surface area (Å²) in [5.74, 6) is -1.37. The topological polar surface area (TPSA) is 54.0 Å². The highest BCUT2D eigenvalue weighted by Crippen LogP contribution is 2.34. The zero-order valence-corrected chi connectivity index (χ0v) is 17.5. The molecule has 3 aromatic carbocycles. The van der Waals surface area contributed by atoms with Crippen molar-refractivity contribution in [3.8, 4) is 0 Å². The number of anilines is 2. The van der Waals surface area contributed by atoms with E-state index in [0.29, 0.717) is 17.0 Å². The Balaban J connectivity index is 1.33. The Morgan fingerprint density at radius 3 is 2.58 bits per heavy atom. The molecule has 0 radical (unpaired) electrons. The molecule has 4 nitrogen and oxygen atoms in total. The van der Waals surface area contributed by atoms with Crippen LogP contribution in [0, 0.1) is 17.5 Å². The van der Waals surface area contributed by atoms with Crippen LogP contribution in [0.2, 0.25) is 0 Å². The molecule has 7 heteroatoms. The molecule has 0 spiro atoms. The number of nitrogens with zero attached hydrogens (tertiary/aromatic N) is 1. The lowest BCUT2D eigenvalue weighted by atomic mass is 10.1. The summed E-state index contributed by atoms with van der Waals surface area (Å²) in [6, 6.07) is 17.0. The van der Waals surface area contributed by atoms with Crippen LogP contribution in [-0.4, -0.2) is 10.9 Å².